The Hall–Kier alpha value is -1.55. The Kier molecular flexibility index (Phi) is 2.83. The quantitative estimate of drug-likeness (QED) is 0.885. The normalized spacial score (nSPS) is 12.1. The van der Waals surface area contributed by atoms with Crippen molar-refractivity contribution in [1.82, 2.24) is 4.98 Å². The summed E-state index contributed by atoms with van der Waals surface area (Å²) in [5, 5.41) is 9.79. The summed E-state index contributed by atoms with van der Waals surface area (Å²) in [5.41, 5.74) is 1.95. The fraction of sp³-hybridized carbons (Fsp3) is 0.462. The summed E-state index contributed by atoms with van der Waals surface area (Å²) in [4.78, 5) is 6.30. The molecule has 0 aliphatic heterocycles. The molecule has 4 nitrogen and oxygen atoms in total. The van der Waals surface area contributed by atoms with E-state index in [0.717, 1.165) is 16.8 Å². The number of rotatable bonds is 3. The molecular weight excluding hydrogens is 216 g/mol. The molecule has 0 unspecified atom stereocenters. The van der Waals surface area contributed by atoms with Crippen LogP contribution in [0, 0.1) is 6.92 Å². The summed E-state index contributed by atoms with van der Waals surface area (Å²) in [6.45, 7) is 5.99. The van der Waals surface area contributed by atoms with Crippen molar-refractivity contribution >= 4 is 16.8 Å². The van der Waals surface area contributed by atoms with Crippen molar-refractivity contribution in [2.75, 3.05) is 18.5 Å². The van der Waals surface area contributed by atoms with Crippen LogP contribution < -0.4 is 4.90 Å². The number of benzene rings is 1. The van der Waals surface area contributed by atoms with Crippen molar-refractivity contribution in [1.29, 1.82) is 0 Å². The lowest BCUT2D eigenvalue weighted by atomic mass is 10.1. The number of hydrogen-bond acceptors (Lipinski definition) is 4. The Bertz CT molecular complexity index is 526. The molecule has 0 saturated heterocycles. The highest BCUT2D eigenvalue weighted by Gasteiger charge is 2.16. The van der Waals surface area contributed by atoms with Gasteiger partial charge in [-0.15, -0.1) is 0 Å². The number of anilines is 1. The highest BCUT2D eigenvalue weighted by molar-refractivity contribution is 5.77. The summed E-state index contributed by atoms with van der Waals surface area (Å²) < 4.78 is 5.42. The third-order valence-electron chi connectivity index (χ3n) is 2.54. The zero-order chi connectivity index (χ0) is 12.6. The van der Waals surface area contributed by atoms with E-state index in [0.29, 0.717) is 12.4 Å². The van der Waals surface area contributed by atoms with E-state index in [1.54, 1.807) is 13.8 Å². The lowest BCUT2D eigenvalue weighted by Gasteiger charge is -2.27. The van der Waals surface area contributed by atoms with Crippen LogP contribution in [0.4, 0.5) is 5.69 Å². The summed E-state index contributed by atoms with van der Waals surface area (Å²) in [6, 6.07) is 5.85. The van der Waals surface area contributed by atoms with Gasteiger partial charge in [0.25, 0.3) is 0 Å². The molecule has 0 spiro atoms. The van der Waals surface area contributed by atoms with E-state index < -0.39 is 5.60 Å². The van der Waals surface area contributed by atoms with Gasteiger partial charge in [-0.3, -0.25) is 0 Å². The van der Waals surface area contributed by atoms with Crippen molar-refractivity contribution in [3.63, 3.8) is 0 Å². The summed E-state index contributed by atoms with van der Waals surface area (Å²) in [7, 11) is 1.95. The van der Waals surface area contributed by atoms with E-state index in [-0.39, 0.29) is 0 Å². The monoisotopic (exact) mass is 234 g/mol. The highest BCUT2D eigenvalue weighted by atomic mass is 16.3. The van der Waals surface area contributed by atoms with Crippen LogP contribution in [0.15, 0.2) is 22.6 Å². The molecule has 0 atom stereocenters. The maximum absolute atomic E-state index is 9.79. The molecule has 17 heavy (non-hydrogen) atoms. The number of aliphatic hydroxyl groups is 1. The molecule has 0 saturated carbocycles. The van der Waals surface area contributed by atoms with Gasteiger partial charge in [-0.25, -0.2) is 4.98 Å². The first-order valence-corrected chi connectivity index (χ1v) is 5.66. The Balaban J connectivity index is 2.29. The molecule has 2 rings (SSSR count). The molecule has 0 aliphatic carbocycles. The summed E-state index contributed by atoms with van der Waals surface area (Å²) in [5.74, 6) is 0.669. The van der Waals surface area contributed by atoms with Gasteiger partial charge in [-0.2, -0.15) is 0 Å². The van der Waals surface area contributed by atoms with Crippen molar-refractivity contribution in [2.45, 2.75) is 26.4 Å². The number of fused-ring (bicyclic) bond motifs is 1. The van der Waals surface area contributed by atoms with Crippen LogP contribution in [0.25, 0.3) is 11.1 Å². The lowest BCUT2D eigenvalue weighted by Crippen LogP contribution is -2.36. The van der Waals surface area contributed by atoms with Gasteiger partial charge in [-0.05, 0) is 32.0 Å². The Labute approximate surface area is 101 Å². The first-order valence-electron chi connectivity index (χ1n) is 5.66. The molecule has 0 radical (unpaired) electrons. The first-order chi connectivity index (χ1) is 7.85. The molecule has 92 valence electrons. The fourth-order valence-corrected chi connectivity index (χ4v) is 1.94. The molecule has 0 fully saturated rings. The van der Waals surface area contributed by atoms with E-state index in [1.165, 1.54) is 0 Å². The summed E-state index contributed by atoms with van der Waals surface area (Å²) in [6.07, 6.45) is 0. The maximum Gasteiger partial charge on any atom is 0.192 e. The van der Waals surface area contributed by atoms with E-state index in [9.17, 15) is 5.11 Å². The number of hydrogen-bond donors (Lipinski definition) is 1. The van der Waals surface area contributed by atoms with Crippen LogP contribution >= 0.6 is 0 Å². The predicted molar refractivity (Wildman–Crippen MR) is 68.3 cm³/mol. The van der Waals surface area contributed by atoms with Crippen molar-refractivity contribution in [3.8, 4) is 0 Å². The zero-order valence-corrected chi connectivity index (χ0v) is 10.7. The number of aryl methyl sites for hydroxylation is 1. The Morgan fingerprint density at radius 3 is 2.76 bits per heavy atom. The van der Waals surface area contributed by atoms with Crippen LogP contribution in [-0.4, -0.2) is 29.3 Å². The molecule has 0 amide bonds. The van der Waals surface area contributed by atoms with Gasteiger partial charge >= 0.3 is 0 Å². The fourth-order valence-electron chi connectivity index (χ4n) is 1.94. The van der Waals surface area contributed by atoms with Gasteiger partial charge in [0.1, 0.15) is 5.52 Å². The van der Waals surface area contributed by atoms with E-state index in [1.807, 2.05) is 37.1 Å². The second kappa shape index (κ2) is 4.04. The summed E-state index contributed by atoms with van der Waals surface area (Å²) >= 11 is 0. The second-order valence-electron chi connectivity index (χ2n) is 5.05. The molecule has 1 aromatic carbocycles. The maximum atomic E-state index is 9.79. The van der Waals surface area contributed by atoms with Gasteiger partial charge in [0, 0.05) is 26.2 Å². The van der Waals surface area contributed by atoms with Crippen LogP contribution in [-0.2, 0) is 0 Å². The Morgan fingerprint density at radius 1 is 1.41 bits per heavy atom. The Morgan fingerprint density at radius 2 is 2.12 bits per heavy atom. The SMILES string of the molecule is Cc1nc2cc(N(C)CC(C)(C)O)ccc2o1. The molecule has 0 aliphatic rings. The van der Waals surface area contributed by atoms with E-state index in [4.69, 9.17) is 4.42 Å². The largest absolute Gasteiger partial charge is 0.441 e. The number of aromatic nitrogens is 1. The number of oxazole rings is 1. The smallest absolute Gasteiger partial charge is 0.192 e. The molecule has 1 N–H and O–H groups in total. The minimum Gasteiger partial charge on any atom is -0.441 e. The van der Waals surface area contributed by atoms with Gasteiger partial charge in [0.05, 0.1) is 5.60 Å². The molecule has 0 bridgehead atoms. The van der Waals surface area contributed by atoms with Crippen LogP contribution in [0.5, 0.6) is 0 Å². The average Bonchev–Trinajstić information content (AvgIpc) is 2.53. The highest BCUT2D eigenvalue weighted by Crippen LogP contribution is 2.22. The molecular formula is C13H18N2O2. The zero-order valence-electron chi connectivity index (χ0n) is 10.7. The third kappa shape index (κ3) is 2.77. The molecule has 1 aromatic heterocycles. The lowest BCUT2D eigenvalue weighted by molar-refractivity contribution is 0.0886. The van der Waals surface area contributed by atoms with E-state index in [2.05, 4.69) is 4.98 Å². The topological polar surface area (TPSA) is 49.5 Å². The number of likely N-dealkylation sites (N-methyl/N-ethyl adjacent to an activating group) is 1. The molecule has 1 heterocycles. The van der Waals surface area contributed by atoms with Gasteiger partial charge in [0.2, 0.25) is 0 Å². The van der Waals surface area contributed by atoms with E-state index >= 15 is 0 Å². The second-order valence-corrected chi connectivity index (χ2v) is 5.05. The predicted octanol–water partition coefficient (Wildman–Crippen LogP) is 2.34. The van der Waals surface area contributed by atoms with Crippen molar-refractivity contribution < 1.29 is 9.52 Å². The third-order valence-corrected chi connectivity index (χ3v) is 2.54. The number of nitrogens with zero attached hydrogens (tertiary/aromatic N) is 2. The van der Waals surface area contributed by atoms with Crippen molar-refractivity contribution in [3.05, 3.63) is 24.1 Å². The van der Waals surface area contributed by atoms with Gasteiger partial charge in [0.15, 0.2) is 11.5 Å². The van der Waals surface area contributed by atoms with Gasteiger partial charge < -0.3 is 14.4 Å². The molecule has 2 aromatic rings. The van der Waals surface area contributed by atoms with Crippen LogP contribution in [0.2, 0.25) is 0 Å². The van der Waals surface area contributed by atoms with Crippen LogP contribution in [0.3, 0.4) is 0 Å². The standard InChI is InChI=1S/C13H18N2O2/c1-9-14-11-7-10(5-6-12(11)17-9)15(4)8-13(2,3)16/h5-7,16H,8H2,1-4H3. The minimum absolute atomic E-state index is 0.565. The van der Waals surface area contributed by atoms with Gasteiger partial charge in [-0.1, -0.05) is 0 Å². The average molecular weight is 234 g/mol. The molecule has 4 heteroatoms. The van der Waals surface area contributed by atoms with Crippen LogP contribution in [0.1, 0.15) is 19.7 Å². The first kappa shape index (κ1) is 11.9. The minimum atomic E-state index is -0.719. The van der Waals surface area contributed by atoms with Crippen molar-refractivity contribution in [2.24, 2.45) is 0 Å².